The predicted molar refractivity (Wildman–Crippen MR) is 82.4 cm³/mol. The van der Waals surface area contributed by atoms with Gasteiger partial charge in [-0.2, -0.15) is 4.31 Å². The molecule has 0 radical (unpaired) electrons. The monoisotopic (exact) mass is 378 g/mol. The first-order chi connectivity index (χ1) is 9.48. The Labute approximate surface area is 132 Å². The van der Waals surface area contributed by atoms with Crippen molar-refractivity contribution < 1.29 is 8.42 Å². The highest BCUT2D eigenvalue weighted by Gasteiger charge is 2.40. The molecule has 2 aliphatic rings. The molecule has 0 amide bonds. The van der Waals surface area contributed by atoms with E-state index in [1.54, 1.807) is 22.5 Å². The summed E-state index contributed by atoms with van der Waals surface area (Å²) in [4.78, 5) is 0.299. The van der Waals surface area contributed by atoms with E-state index in [1.807, 2.05) is 0 Å². The number of halogens is 2. The first kappa shape index (κ1) is 14.8. The van der Waals surface area contributed by atoms with Gasteiger partial charge in [-0.25, -0.2) is 8.42 Å². The topological polar surface area (TPSA) is 49.4 Å². The molecule has 3 rings (SSSR count). The third kappa shape index (κ3) is 2.64. The van der Waals surface area contributed by atoms with Gasteiger partial charge in [0.25, 0.3) is 0 Å². The first-order valence-corrected chi connectivity index (χ1v) is 9.28. The van der Waals surface area contributed by atoms with Gasteiger partial charge >= 0.3 is 0 Å². The fraction of sp³-hybridized carbons (Fsp3) is 0.538. The van der Waals surface area contributed by atoms with Crippen LogP contribution in [0.25, 0.3) is 0 Å². The van der Waals surface area contributed by atoms with Crippen LogP contribution >= 0.6 is 27.5 Å². The van der Waals surface area contributed by atoms with Gasteiger partial charge in [0.05, 0.1) is 9.92 Å². The number of nitrogens with zero attached hydrogens (tertiary/aromatic N) is 1. The number of benzene rings is 1. The average molecular weight is 380 g/mol. The number of hydrogen-bond acceptors (Lipinski definition) is 3. The zero-order chi connectivity index (χ0) is 14.3. The second kappa shape index (κ2) is 5.57. The van der Waals surface area contributed by atoms with E-state index in [2.05, 4.69) is 21.2 Å². The van der Waals surface area contributed by atoms with E-state index in [-0.39, 0.29) is 0 Å². The number of nitrogens with one attached hydrogen (secondary N) is 1. The molecule has 0 aromatic heterocycles. The third-order valence-corrected chi connectivity index (χ3v) is 7.14. The predicted octanol–water partition coefficient (Wildman–Crippen LogP) is 2.48. The lowest BCUT2D eigenvalue weighted by atomic mass is 9.94. The fourth-order valence-electron chi connectivity index (χ4n) is 2.99. The van der Waals surface area contributed by atoms with E-state index in [1.165, 1.54) is 0 Å². The van der Waals surface area contributed by atoms with E-state index < -0.39 is 10.0 Å². The maximum atomic E-state index is 12.7. The van der Waals surface area contributed by atoms with Gasteiger partial charge in [-0.15, -0.1) is 0 Å². The van der Waals surface area contributed by atoms with Crippen molar-refractivity contribution in [3.05, 3.63) is 27.7 Å². The Morgan fingerprint density at radius 2 is 2.15 bits per heavy atom. The number of fused-ring (bicyclic) bond motifs is 1. The van der Waals surface area contributed by atoms with E-state index >= 15 is 0 Å². The molecule has 0 spiro atoms. The van der Waals surface area contributed by atoms with Crippen LogP contribution in [0.5, 0.6) is 0 Å². The van der Waals surface area contributed by atoms with E-state index in [0.29, 0.717) is 39.4 Å². The lowest BCUT2D eigenvalue weighted by Gasteiger charge is -2.24. The minimum Gasteiger partial charge on any atom is -0.312 e. The number of rotatable bonds is 2. The standard InChI is InChI=1S/C13H16BrClN2O2S/c14-11-6-10(3-4-12(11)15)20(18,19)17-7-9-2-1-5-16-13(9)8-17/h3-4,6,9,13,16H,1-2,5,7-8H2/t9-,13+/m0/s1. The number of piperidine rings is 1. The Balaban J connectivity index is 1.86. The van der Waals surface area contributed by atoms with Crippen LogP contribution in [0, 0.1) is 5.92 Å². The summed E-state index contributed by atoms with van der Waals surface area (Å²) in [5.41, 5.74) is 0. The van der Waals surface area contributed by atoms with Crippen molar-refractivity contribution in [3.63, 3.8) is 0 Å². The van der Waals surface area contributed by atoms with E-state index in [0.717, 1.165) is 19.4 Å². The summed E-state index contributed by atoms with van der Waals surface area (Å²) in [6, 6.07) is 5.06. The van der Waals surface area contributed by atoms with Gasteiger partial charge < -0.3 is 5.32 Å². The SMILES string of the molecule is O=S(=O)(c1ccc(Cl)c(Br)c1)N1C[C@@H]2CCCN[C@@H]2C1. The van der Waals surface area contributed by atoms with Gasteiger partial charge in [0.15, 0.2) is 0 Å². The van der Waals surface area contributed by atoms with Crippen LogP contribution in [0.2, 0.25) is 5.02 Å². The Bertz CT molecular complexity index is 609. The van der Waals surface area contributed by atoms with Crippen LogP contribution in [0.15, 0.2) is 27.6 Å². The Morgan fingerprint density at radius 1 is 1.35 bits per heavy atom. The zero-order valence-corrected chi connectivity index (χ0v) is 14.0. The maximum absolute atomic E-state index is 12.7. The molecule has 110 valence electrons. The maximum Gasteiger partial charge on any atom is 0.243 e. The van der Waals surface area contributed by atoms with Crippen LogP contribution < -0.4 is 5.32 Å². The smallest absolute Gasteiger partial charge is 0.243 e. The number of sulfonamides is 1. The summed E-state index contributed by atoms with van der Waals surface area (Å²) in [7, 11) is -3.43. The highest BCUT2D eigenvalue weighted by atomic mass is 79.9. The molecule has 2 aliphatic heterocycles. The minimum absolute atomic E-state index is 0.299. The quantitative estimate of drug-likeness (QED) is 0.859. The highest BCUT2D eigenvalue weighted by molar-refractivity contribution is 9.10. The second-order valence-corrected chi connectivity index (χ2v) is 8.56. The van der Waals surface area contributed by atoms with Gasteiger partial charge in [-0.3, -0.25) is 0 Å². The fourth-order valence-corrected chi connectivity index (χ4v) is 5.19. The molecule has 2 heterocycles. The molecule has 0 bridgehead atoms. The molecule has 4 nitrogen and oxygen atoms in total. The summed E-state index contributed by atoms with van der Waals surface area (Å²) in [5, 5.41) is 3.93. The lowest BCUT2D eigenvalue weighted by molar-refractivity contribution is 0.339. The first-order valence-electron chi connectivity index (χ1n) is 6.67. The van der Waals surface area contributed by atoms with Crippen LogP contribution in [0.3, 0.4) is 0 Å². The van der Waals surface area contributed by atoms with E-state index in [4.69, 9.17) is 11.6 Å². The average Bonchev–Trinajstić information content (AvgIpc) is 2.86. The van der Waals surface area contributed by atoms with Crippen molar-refractivity contribution in [1.82, 2.24) is 9.62 Å². The van der Waals surface area contributed by atoms with Crippen molar-refractivity contribution in [2.24, 2.45) is 5.92 Å². The van der Waals surface area contributed by atoms with Gasteiger partial charge in [0.2, 0.25) is 10.0 Å². The molecular weight excluding hydrogens is 364 g/mol. The van der Waals surface area contributed by atoms with Crippen molar-refractivity contribution in [3.8, 4) is 0 Å². The summed E-state index contributed by atoms with van der Waals surface area (Å²) in [6.07, 6.45) is 2.23. The van der Waals surface area contributed by atoms with Crippen molar-refractivity contribution in [2.75, 3.05) is 19.6 Å². The molecule has 2 atom stereocenters. The number of hydrogen-bond donors (Lipinski definition) is 1. The Morgan fingerprint density at radius 3 is 2.85 bits per heavy atom. The highest BCUT2D eigenvalue weighted by Crippen LogP contribution is 2.31. The Hall–Kier alpha value is -0.140. The molecule has 0 aliphatic carbocycles. The van der Waals surface area contributed by atoms with Crippen molar-refractivity contribution in [2.45, 2.75) is 23.8 Å². The normalized spacial score (nSPS) is 27.5. The molecule has 2 saturated heterocycles. The molecule has 0 saturated carbocycles. The summed E-state index contributed by atoms with van der Waals surface area (Å²) in [5.74, 6) is 0.439. The van der Waals surface area contributed by atoms with Crippen molar-refractivity contribution >= 4 is 37.6 Å². The lowest BCUT2D eigenvalue weighted by Crippen LogP contribution is -2.41. The van der Waals surface area contributed by atoms with Crippen molar-refractivity contribution in [1.29, 1.82) is 0 Å². The van der Waals surface area contributed by atoms with Gasteiger partial charge in [0, 0.05) is 23.6 Å². The van der Waals surface area contributed by atoms with Crippen LogP contribution in [-0.2, 0) is 10.0 Å². The van der Waals surface area contributed by atoms with Gasteiger partial charge in [-0.05, 0) is 59.4 Å². The summed E-state index contributed by atoms with van der Waals surface area (Å²) >= 11 is 9.21. The molecule has 1 N–H and O–H groups in total. The third-order valence-electron chi connectivity index (χ3n) is 4.09. The van der Waals surface area contributed by atoms with Crippen LogP contribution in [0.1, 0.15) is 12.8 Å². The minimum atomic E-state index is -3.43. The van der Waals surface area contributed by atoms with Gasteiger partial charge in [0.1, 0.15) is 0 Å². The molecule has 20 heavy (non-hydrogen) atoms. The van der Waals surface area contributed by atoms with Crippen LogP contribution in [-0.4, -0.2) is 38.4 Å². The Kier molecular flexibility index (Phi) is 4.12. The molecule has 1 aromatic carbocycles. The van der Waals surface area contributed by atoms with E-state index in [9.17, 15) is 8.42 Å². The largest absolute Gasteiger partial charge is 0.312 e. The molecule has 7 heteroatoms. The molecule has 1 aromatic rings. The second-order valence-electron chi connectivity index (χ2n) is 5.36. The summed E-state index contributed by atoms with van der Waals surface area (Å²) in [6.45, 7) is 2.16. The molecule has 2 fully saturated rings. The molecule has 0 unspecified atom stereocenters. The van der Waals surface area contributed by atoms with Gasteiger partial charge in [-0.1, -0.05) is 11.6 Å². The molecular formula is C13H16BrClN2O2S. The zero-order valence-electron chi connectivity index (χ0n) is 10.9. The summed E-state index contributed by atoms with van der Waals surface area (Å²) < 4.78 is 27.6. The van der Waals surface area contributed by atoms with Crippen LogP contribution in [0.4, 0.5) is 0 Å².